The first-order chi connectivity index (χ1) is 12.1. The van der Waals surface area contributed by atoms with E-state index < -0.39 is 0 Å². The van der Waals surface area contributed by atoms with Crippen LogP contribution in [0.1, 0.15) is 23.7 Å². The molecule has 1 amide bonds. The Bertz CT molecular complexity index is 519. The minimum atomic E-state index is -0.132. The van der Waals surface area contributed by atoms with E-state index >= 15 is 0 Å². The van der Waals surface area contributed by atoms with Gasteiger partial charge in [0.05, 0.1) is 19.8 Å². The second-order valence-electron chi connectivity index (χ2n) is 5.63. The predicted octanol–water partition coefficient (Wildman–Crippen LogP) is 1.49. The van der Waals surface area contributed by atoms with Gasteiger partial charge in [-0.3, -0.25) is 9.59 Å². The zero-order chi connectivity index (χ0) is 18.5. The number of carbonyl (C=O) groups is 2. The van der Waals surface area contributed by atoms with Gasteiger partial charge >= 0.3 is 0 Å². The first-order valence-electron chi connectivity index (χ1n) is 8.27. The molecule has 1 rings (SSSR count). The number of nitrogens with one attached hydrogen (secondary N) is 2. The van der Waals surface area contributed by atoms with Gasteiger partial charge in [0.1, 0.15) is 11.9 Å². The van der Waals surface area contributed by atoms with Gasteiger partial charge in [0.25, 0.3) is 5.91 Å². The van der Waals surface area contributed by atoms with Crippen molar-refractivity contribution in [3.63, 3.8) is 0 Å². The van der Waals surface area contributed by atoms with Crippen LogP contribution in [0.15, 0.2) is 24.3 Å². The summed E-state index contributed by atoms with van der Waals surface area (Å²) in [5.41, 5.74) is 1.39. The van der Waals surface area contributed by atoms with Gasteiger partial charge in [0.15, 0.2) is 0 Å². The summed E-state index contributed by atoms with van der Waals surface area (Å²) in [7, 11) is 3.24. The van der Waals surface area contributed by atoms with Crippen LogP contribution in [0.2, 0.25) is 0 Å². The van der Waals surface area contributed by atoms with Crippen LogP contribution in [0.4, 0.5) is 5.69 Å². The van der Waals surface area contributed by atoms with Crippen LogP contribution in [0.25, 0.3) is 0 Å². The molecule has 1 atom stereocenters. The fourth-order valence-corrected chi connectivity index (χ4v) is 2.03. The largest absolute Gasteiger partial charge is 0.382 e. The Morgan fingerprint density at radius 1 is 1.12 bits per heavy atom. The van der Waals surface area contributed by atoms with Crippen LogP contribution >= 0.6 is 0 Å². The summed E-state index contributed by atoms with van der Waals surface area (Å²) < 4.78 is 15.7. The van der Waals surface area contributed by atoms with E-state index in [0.29, 0.717) is 38.3 Å². The van der Waals surface area contributed by atoms with Crippen LogP contribution in [-0.2, 0) is 19.0 Å². The number of ketones is 1. The summed E-state index contributed by atoms with van der Waals surface area (Å²) in [6, 6.07) is 7.01. The number of rotatable bonds is 13. The van der Waals surface area contributed by atoms with Gasteiger partial charge in [0.2, 0.25) is 0 Å². The number of methoxy groups -OCH3 is 2. The molecule has 0 heterocycles. The van der Waals surface area contributed by atoms with Gasteiger partial charge in [-0.15, -0.1) is 0 Å². The molecule has 0 aromatic heterocycles. The molecule has 1 unspecified atom stereocenters. The van der Waals surface area contributed by atoms with E-state index in [0.717, 1.165) is 5.69 Å². The molecule has 0 bridgehead atoms. The normalized spacial score (nSPS) is 11.8. The van der Waals surface area contributed by atoms with Crippen LogP contribution in [-0.4, -0.2) is 64.9 Å². The van der Waals surface area contributed by atoms with E-state index in [1.54, 1.807) is 38.5 Å². The number of Topliss-reactive ketones (excluding diaryl/α,β-unsaturated/α-hetero) is 1. The van der Waals surface area contributed by atoms with Crippen molar-refractivity contribution in [1.29, 1.82) is 0 Å². The summed E-state index contributed by atoms with van der Waals surface area (Å²) >= 11 is 0. The fraction of sp³-hybridized carbons (Fsp3) is 0.556. The monoisotopic (exact) mass is 352 g/mol. The van der Waals surface area contributed by atoms with Crippen molar-refractivity contribution >= 4 is 17.4 Å². The first-order valence-corrected chi connectivity index (χ1v) is 8.27. The third-order valence-electron chi connectivity index (χ3n) is 3.43. The van der Waals surface area contributed by atoms with Gasteiger partial charge in [0, 0.05) is 38.6 Å². The number of benzene rings is 1. The minimum Gasteiger partial charge on any atom is -0.382 e. The van der Waals surface area contributed by atoms with Crippen molar-refractivity contribution in [2.45, 2.75) is 19.4 Å². The second kappa shape index (κ2) is 12.4. The molecule has 7 heteroatoms. The lowest BCUT2D eigenvalue weighted by Crippen LogP contribution is -2.27. The van der Waals surface area contributed by atoms with Crippen molar-refractivity contribution in [3.05, 3.63) is 29.8 Å². The lowest BCUT2D eigenvalue weighted by atomic mass is 10.2. The van der Waals surface area contributed by atoms with Crippen LogP contribution in [0.5, 0.6) is 0 Å². The Hall–Kier alpha value is -1.96. The van der Waals surface area contributed by atoms with E-state index in [1.165, 1.54) is 6.92 Å². The topological polar surface area (TPSA) is 85.9 Å². The summed E-state index contributed by atoms with van der Waals surface area (Å²) in [5.74, 6) is -0.0738. The zero-order valence-electron chi connectivity index (χ0n) is 15.2. The molecule has 0 saturated carbocycles. The van der Waals surface area contributed by atoms with Crippen molar-refractivity contribution in [2.24, 2.45) is 0 Å². The maximum Gasteiger partial charge on any atom is 0.251 e. The first kappa shape index (κ1) is 21.1. The summed E-state index contributed by atoms with van der Waals surface area (Å²) in [5, 5.41) is 5.83. The van der Waals surface area contributed by atoms with Gasteiger partial charge < -0.3 is 24.8 Å². The Kier molecular flexibility index (Phi) is 10.5. The highest BCUT2D eigenvalue weighted by atomic mass is 16.5. The number of anilines is 1. The standard InChI is InChI=1S/C18H28N2O5/c1-14(21)11-20-16-7-5-15(6-8-16)18(22)19-9-4-10-25-13-17(24-3)12-23-2/h5-8,17,20H,4,9-13H2,1-3H3,(H,19,22). The predicted molar refractivity (Wildman–Crippen MR) is 96.1 cm³/mol. The summed E-state index contributed by atoms with van der Waals surface area (Å²) in [6.45, 7) is 3.83. The molecule has 0 spiro atoms. The highest BCUT2D eigenvalue weighted by Crippen LogP contribution is 2.09. The SMILES string of the molecule is COCC(COCCCNC(=O)c1ccc(NCC(C)=O)cc1)OC. The molecule has 0 aliphatic rings. The molecule has 0 aliphatic carbocycles. The Balaban J connectivity index is 2.20. The van der Waals surface area contributed by atoms with E-state index in [2.05, 4.69) is 10.6 Å². The molecule has 25 heavy (non-hydrogen) atoms. The minimum absolute atomic E-state index is 0.0584. The lowest BCUT2D eigenvalue weighted by Gasteiger charge is -2.14. The summed E-state index contributed by atoms with van der Waals surface area (Å²) in [6.07, 6.45) is 0.641. The molecule has 2 N–H and O–H groups in total. The van der Waals surface area contributed by atoms with E-state index in [4.69, 9.17) is 14.2 Å². The van der Waals surface area contributed by atoms with E-state index in [9.17, 15) is 9.59 Å². The maximum absolute atomic E-state index is 12.0. The highest BCUT2D eigenvalue weighted by Gasteiger charge is 2.07. The number of carbonyl (C=O) groups excluding carboxylic acids is 2. The van der Waals surface area contributed by atoms with Crippen LogP contribution < -0.4 is 10.6 Å². The van der Waals surface area contributed by atoms with Crippen LogP contribution in [0.3, 0.4) is 0 Å². The number of hydrogen-bond acceptors (Lipinski definition) is 6. The van der Waals surface area contributed by atoms with Gasteiger partial charge in [-0.2, -0.15) is 0 Å². The second-order valence-corrected chi connectivity index (χ2v) is 5.63. The molecule has 140 valence electrons. The molecule has 0 radical (unpaired) electrons. The smallest absolute Gasteiger partial charge is 0.251 e. The van der Waals surface area contributed by atoms with Crippen molar-refractivity contribution in [2.75, 3.05) is 52.4 Å². The summed E-state index contributed by atoms with van der Waals surface area (Å²) in [4.78, 5) is 23.0. The van der Waals surface area contributed by atoms with Gasteiger partial charge in [-0.1, -0.05) is 0 Å². The average molecular weight is 352 g/mol. The average Bonchev–Trinajstić information content (AvgIpc) is 2.62. The molecule has 0 fully saturated rings. The van der Waals surface area contributed by atoms with Crippen LogP contribution in [0, 0.1) is 0 Å². The van der Waals surface area contributed by atoms with E-state index in [1.807, 2.05) is 0 Å². The third-order valence-corrected chi connectivity index (χ3v) is 3.43. The zero-order valence-corrected chi connectivity index (χ0v) is 15.2. The van der Waals surface area contributed by atoms with Crippen molar-refractivity contribution in [1.82, 2.24) is 5.32 Å². The molecular formula is C18H28N2O5. The Labute approximate surface area is 149 Å². The number of hydrogen-bond donors (Lipinski definition) is 2. The Morgan fingerprint density at radius 2 is 1.84 bits per heavy atom. The lowest BCUT2D eigenvalue weighted by molar-refractivity contribution is -0.115. The third kappa shape index (κ3) is 9.19. The quantitative estimate of drug-likeness (QED) is 0.523. The number of ether oxygens (including phenoxy) is 3. The molecular weight excluding hydrogens is 324 g/mol. The number of amides is 1. The molecule has 0 aliphatic heterocycles. The van der Waals surface area contributed by atoms with Crippen molar-refractivity contribution in [3.8, 4) is 0 Å². The Morgan fingerprint density at radius 3 is 2.44 bits per heavy atom. The fourth-order valence-electron chi connectivity index (χ4n) is 2.03. The maximum atomic E-state index is 12.0. The molecule has 1 aromatic rings. The highest BCUT2D eigenvalue weighted by molar-refractivity contribution is 5.94. The molecule has 0 saturated heterocycles. The van der Waals surface area contributed by atoms with Gasteiger partial charge in [-0.25, -0.2) is 0 Å². The van der Waals surface area contributed by atoms with Crippen molar-refractivity contribution < 1.29 is 23.8 Å². The van der Waals surface area contributed by atoms with Gasteiger partial charge in [-0.05, 0) is 37.6 Å². The molecule has 1 aromatic carbocycles. The van der Waals surface area contributed by atoms with E-state index in [-0.39, 0.29) is 24.3 Å². The molecule has 7 nitrogen and oxygen atoms in total.